The van der Waals surface area contributed by atoms with E-state index in [1.54, 1.807) is 31.5 Å². The number of nitrogens with zero attached hydrogens (tertiary/aromatic N) is 9. The van der Waals surface area contributed by atoms with Gasteiger partial charge in [-0.1, -0.05) is 24.6 Å². The van der Waals surface area contributed by atoms with Crippen molar-refractivity contribution in [3.63, 3.8) is 0 Å². The van der Waals surface area contributed by atoms with Crippen LogP contribution in [-0.4, -0.2) is 158 Å². The Hall–Kier alpha value is -8.33. The number of benzene rings is 3. The molecule has 0 radical (unpaired) electrons. The maximum Gasteiger partial charge on any atom is 0.262 e. The van der Waals surface area contributed by atoms with Crippen LogP contribution < -0.4 is 25.8 Å². The molecule has 5 fully saturated rings. The Bertz CT molecular complexity index is 3730. The first-order valence-electron chi connectivity index (χ1n) is 31.2. The highest BCUT2D eigenvalue weighted by Gasteiger charge is 2.56. The highest BCUT2D eigenvalue weighted by Crippen LogP contribution is 2.52. The van der Waals surface area contributed by atoms with Crippen molar-refractivity contribution in [2.24, 2.45) is 5.92 Å². The van der Waals surface area contributed by atoms with Crippen LogP contribution >= 0.6 is 0 Å². The molecule has 13 rings (SSSR count). The van der Waals surface area contributed by atoms with Crippen LogP contribution in [0.2, 0.25) is 0 Å². The lowest BCUT2D eigenvalue weighted by molar-refractivity contribution is -0.137. The third kappa shape index (κ3) is 10.3. The van der Waals surface area contributed by atoms with Crippen LogP contribution in [0.25, 0.3) is 22.3 Å². The first kappa shape index (κ1) is 57.7. The van der Waals surface area contributed by atoms with Gasteiger partial charge in [-0.3, -0.25) is 48.6 Å². The molecule has 8 aliphatic rings. The quantitative estimate of drug-likeness (QED) is 0.102. The van der Waals surface area contributed by atoms with Gasteiger partial charge in [0.05, 0.1) is 39.8 Å². The minimum Gasteiger partial charge on any atom is -0.371 e. The van der Waals surface area contributed by atoms with E-state index in [0.717, 1.165) is 53.3 Å². The zero-order valence-corrected chi connectivity index (χ0v) is 50.1. The highest BCUT2D eigenvalue weighted by molar-refractivity contribution is 6.24. The predicted octanol–water partition coefficient (Wildman–Crippen LogP) is 7.71. The summed E-state index contributed by atoms with van der Waals surface area (Å²) in [5.41, 5.74) is 6.48. The topological polar surface area (TPSA) is 223 Å². The number of carbonyl (C=O) groups excluding carboxylic acids is 8. The van der Waals surface area contributed by atoms with Crippen molar-refractivity contribution in [3.05, 3.63) is 106 Å². The first-order chi connectivity index (χ1) is 41.8. The molecule has 7 aliphatic heterocycles. The molecule has 1 aliphatic carbocycles. The summed E-state index contributed by atoms with van der Waals surface area (Å²) in [6.07, 6.45) is 11.7. The number of carbonyl (C=O) groups is 8. The molecule has 8 amide bonds. The van der Waals surface area contributed by atoms with Crippen molar-refractivity contribution in [3.8, 4) is 11.3 Å². The summed E-state index contributed by atoms with van der Waals surface area (Å²) in [4.78, 5) is 130. The number of hydrogen-bond acceptors (Lipinski definition) is 13. The summed E-state index contributed by atoms with van der Waals surface area (Å²) in [5, 5.41) is 8.42. The summed E-state index contributed by atoms with van der Waals surface area (Å²) < 4.78 is 18.0. The van der Waals surface area contributed by atoms with Crippen molar-refractivity contribution < 1.29 is 42.7 Å². The van der Waals surface area contributed by atoms with Gasteiger partial charge in [0, 0.05) is 104 Å². The lowest BCUT2D eigenvalue weighted by Crippen LogP contribution is -2.58. The number of piperidine rings is 4. The molecule has 87 heavy (non-hydrogen) atoms. The second-order valence-electron chi connectivity index (χ2n) is 25.7. The lowest BCUT2D eigenvalue weighted by Gasteiger charge is -2.48. The minimum atomic E-state index is -1.04. The smallest absolute Gasteiger partial charge is 0.262 e. The Balaban J connectivity index is 0.694. The van der Waals surface area contributed by atoms with Crippen LogP contribution in [0.1, 0.15) is 153 Å². The number of halogens is 1. The monoisotopic (exact) mass is 1180 g/mol. The average molecular weight is 1180 g/mol. The van der Waals surface area contributed by atoms with Gasteiger partial charge < -0.3 is 39.7 Å². The van der Waals surface area contributed by atoms with E-state index in [0.29, 0.717) is 117 Å². The fourth-order valence-corrected chi connectivity index (χ4v) is 14.8. The molecule has 9 heterocycles. The Morgan fingerprint density at radius 1 is 0.770 bits per heavy atom. The number of likely N-dealkylation sites (tertiary alicyclic amines) is 2. The summed E-state index contributed by atoms with van der Waals surface area (Å²) in [5.74, 6) is -2.82. The van der Waals surface area contributed by atoms with Crippen LogP contribution in [0.5, 0.6) is 0 Å². The molecule has 454 valence electrons. The van der Waals surface area contributed by atoms with Crippen molar-refractivity contribution in [1.29, 1.82) is 0 Å². The van der Waals surface area contributed by atoms with Crippen LogP contribution in [0, 0.1) is 18.7 Å². The molecule has 0 bridgehead atoms. The third-order valence-electron chi connectivity index (χ3n) is 19.7. The molecule has 1 saturated carbocycles. The number of pyridine rings is 1. The van der Waals surface area contributed by atoms with E-state index in [-0.39, 0.29) is 77.3 Å². The summed E-state index contributed by atoms with van der Waals surface area (Å²) in [7, 11) is 0. The number of rotatable bonds is 12. The number of imide groups is 2. The first-order valence-corrected chi connectivity index (χ1v) is 31.2. The molecule has 21 heteroatoms. The third-order valence-corrected chi connectivity index (χ3v) is 19.7. The number of fused-ring (bicyclic) bond motifs is 4. The van der Waals surface area contributed by atoms with Gasteiger partial charge in [0.2, 0.25) is 29.5 Å². The predicted molar refractivity (Wildman–Crippen MR) is 325 cm³/mol. The molecule has 3 N–H and O–H groups in total. The fourth-order valence-electron chi connectivity index (χ4n) is 14.8. The zero-order chi connectivity index (χ0) is 60.7. The standard InChI is InChI=1S/C66H75FN12O8/c1-37(2)69-59(81)47-34-52(50(67)29-39(47)5)71-58-57-53(68-36-77(57)38(3)4)35-51(70-58)42-9-12-49-55(30-42)78(45-31-44(32-45)73-21-7-6-8-22-73)65(87)66(49)19-27-76(28-20-66)62(84)41-17-25-75(26-18-41)61(83)40-15-23-74(24-16-40)43-10-11-46-48(33-43)64(86)79(63(46)85)54-13-14-56(80)72-60(54)82/h9-12,17,29-30,33-38,40,44-45,54H,6-8,13-16,18-28,31-32H2,1-5H3,(H,69,81)(H,70,71)(H,72,80,82). The maximum atomic E-state index is 16.0. The second kappa shape index (κ2) is 22.7. The summed E-state index contributed by atoms with van der Waals surface area (Å²) >= 11 is 0. The zero-order valence-electron chi connectivity index (χ0n) is 50.1. The normalized spacial score (nSPS) is 22.5. The van der Waals surface area contributed by atoms with E-state index in [1.165, 1.54) is 31.4 Å². The molecule has 4 saturated heterocycles. The molecule has 1 atom stereocenters. The SMILES string of the molecule is Cc1cc(F)c(Nc2nc(-c3ccc4c(c3)N(C3CC(N5CCCCC5)C3)C(=O)C43CCN(C(=O)C4=CCN(C(=O)C5CCN(c6ccc7c(c6)C(=O)N(C6CCC(=O)NC6=O)C7=O)CC5)CC4)CC3)cc3ncn(C(C)C)c23)cc1C(=O)NC(C)C. The Labute approximate surface area is 504 Å². The molecular weight excluding hydrogens is 1110 g/mol. The van der Waals surface area contributed by atoms with Gasteiger partial charge in [-0.15, -0.1) is 0 Å². The number of hydrogen-bond donors (Lipinski definition) is 3. The van der Waals surface area contributed by atoms with Crippen LogP contribution in [-0.2, 0) is 29.4 Å². The Kier molecular flexibility index (Phi) is 15.1. The van der Waals surface area contributed by atoms with E-state index in [1.807, 2.05) is 60.3 Å². The number of imidazole rings is 1. The second-order valence-corrected chi connectivity index (χ2v) is 25.7. The van der Waals surface area contributed by atoms with E-state index in [9.17, 15) is 33.6 Å². The Morgan fingerprint density at radius 3 is 2.22 bits per heavy atom. The molecule has 1 spiro atoms. The molecule has 5 aromatic rings. The van der Waals surface area contributed by atoms with Gasteiger partial charge in [-0.25, -0.2) is 14.4 Å². The van der Waals surface area contributed by atoms with Crippen LogP contribution in [0.4, 0.5) is 27.3 Å². The van der Waals surface area contributed by atoms with Gasteiger partial charge >= 0.3 is 0 Å². The van der Waals surface area contributed by atoms with Gasteiger partial charge in [-0.05, 0) is 166 Å². The highest BCUT2D eigenvalue weighted by atomic mass is 19.1. The van der Waals surface area contributed by atoms with Gasteiger partial charge in [0.1, 0.15) is 17.4 Å². The van der Waals surface area contributed by atoms with Crippen LogP contribution in [0.3, 0.4) is 0 Å². The van der Waals surface area contributed by atoms with Crippen molar-refractivity contribution in [1.82, 2.24) is 44.8 Å². The van der Waals surface area contributed by atoms with Crippen molar-refractivity contribution >= 4 is 81.2 Å². The number of aromatic nitrogens is 3. The molecule has 1 unspecified atom stereocenters. The molecule has 2 aromatic heterocycles. The summed E-state index contributed by atoms with van der Waals surface area (Å²) in [6.45, 7) is 14.4. The molecule has 20 nitrogen and oxygen atoms in total. The van der Waals surface area contributed by atoms with Gasteiger partial charge in [0.25, 0.3) is 17.7 Å². The van der Waals surface area contributed by atoms with Gasteiger partial charge in [0.15, 0.2) is 5.82 Å². The Morgan fingerprint density at radius 2 is 1.52 bits per heavy atom. The minimum absolute atomic E-state index is 0.00134. The lowest BCUT2D eigenvalue weighted by atomic mass is 9.73. The van der Waals surface area contributed by atoms with Crippen molar-refractivity contribution in [2.45, 2.75) is 147 Å². The summed E-state index contributed by atoms with van der Waals surface area (Å²) in [6, 6.07) is 15.3. The molecule has 3 aromatic carbocycles. The average Bonchev–Trinajstić information content (AvgIpc) is 1.58. The van der Waals surface area contributed by atoms with Crippen molar-refractivity contribution in [2.75, 3.05) is 67.5 Å². The fraction of sp³-hybridized carbons (Fsp3) is 0.485. The van der Waals surface area contributed by atoms with Crippen LogP contribution in [0.15, 0.2) is 72.6 Å². The molecular formula is C66H75FN12O8. The number of aryl methyl sites for hydroxylation is 1. The van der Waals surface area contributed by atoms with E-state index in [2.05, 4.69) is 42.8 Å². The largest absolute Gasteiger partial charge is 0.371 e. The number of amides is 8. The number of anilines is 4. The number of nitrogens with one attached hydrogen (secondary N) is 3. The van der Waals surface area contributed by atoms with E-state index >= 15 is 9.18 Å². The van der Waals surface area contributed by atoms with E-state index < -0.39 is 40.9 Å². The van der Waals surface area contributed by atoms with Gasteiger partial charge in [-0.2, -0.15) is 0 Å². The van der Waals surface area contributed by atoms with E-state index in [4.69, 9.17) is 9.97 Å². The maximum absolute atomic E-state index is 16.0.